The summed E-state index contributed by atoms with van der Waals surface area (Å²) in [7, 11) is -7.37. The summed E-state index contributed by atoms with van der Waals surface area (Å²) < 4.78 is 57.7. The first-order chi connectivity index (χ1) is 7.63. The molecule has 0 aliphatic carbocycles. The SMILES string of the molecule is CN(NS(=O)(=O)c1ccc(F)cc1)S(N)(=O)=O. The van der Waals surface area contributed by atoms with E-state index >= 15 is 0 Å². The van der Waals surface area contributed by atoms with Crippen LogP contribution >= 0.6 is 0 Å². The lowest BCUT2D eigenvalue weighted by atomic mass is 10.4. The quantitative estimate of drug-likeness (QED) is 0.702. The molecule has 0 heterocycles. The molecule has 0 aromatic heterocycles. The molecule has 0 aliphatic rings. The van der Waals surface area contributed by atoms with Crippen molar-refractivity contribution in [3.05, 3.63) is 30.1 Å². The Bertz CT molecular complexity index is 597. The van der Waals surface area contributed by atoms with Crippen LogP contribution in [0.15, 0.2) is 29.2 Å². The second kappa shape index (κ2) is 4.66. The van der Waals surface area contributed by atoms with Crippen molar-refractivity contribution < 1.29 is 21.2 Å². The molecule has 0 saturated carbocycles. The average molecular weight is 283 g/mol. The minimum absolute atomic E-state index is 0.242. The van der Waals surface area contributed by atoms with E-state index in [9.17, 15) is 21.2 Å². The summed E-state index contributed by atoms with van der Waals surface area (Å²) in [5.41, 5.74) is 0. The molecule has 0 radical (unpaired) electrons. The lowest BCUT2D eigenvalue weighted by Gasteiger charge is -2.14. The monoisotopic (exact) mass is 283 g/mol. The van der Waals surface area contributed by atoms with Crippen molar-refractivity contribution in [2.45, 2.75) is 4.90 Å². The van der Waals surface area contributed by atoms with Crippen molar-refractivity contribution in [3.8, 4) is 0 Å². The highest BCUT2D eigenvalue weighted by Crippen LogP contribution is 2.09. The molecule has 1 aromatic carbocycles. The molecule has 0 spiro atoms. The molecule has 0 atom stereocenters. The summed E-state index contributed by atoms with van der Waals surface area (Å²) in [5.74, 6) is -0.608. The number of nitrogens with two attached hydrogens (primary N) is 1. The average Bonchev–Trinajstić information content (AvgIpc) is 2.16. The summed E-state index contributed by atoms with van der Waals surface area (Å²) in [5, 5.41) is 4.70. The fourth-order valence-electron chi connectivity index (χ4n) is 0.888. The van der Waals surface area contributed by atoms with Crippen LogP contribution in [-0.4, -0.2) is 28.3 Å². The fourth-order valence-corrected chi connectivity index (χ4v) is 2.54. The number of hydrogen-bond donors (Lipinski definition) is 2. The van der Waals surface area contributed by atoms with Crippen molar-refractivity contribution in [1.29, 1.82) is 0 Å². The zero-order valence-electron chi connectivity index (χ0n) is 8.66. The van der Waals surface area contributed by atoms with Gasteiger partial charge < -0.3 is 0 Å². The van der Waals surface area contributed by atoms with Gasteiger partial charge in [-0.2, -0.15) is 8.42 Å². The van der Waals surface area contributed by atoms with Crippen LogP contribution in [0.5, 0.6) is 0 Å². The van der Waals surface area contributed by atoms with E-state index in [0.717, 1.165) is 31.3 Å². The molecule has 17 heavy (non-hydrogen) atoms. The Balaban J connectivity index is 3.02. The largest absolute Gasteiger partial charge is 0.290 e. The van der Waals surface area contributed by atoms with Crippen LogP contribution in [0, 0.1) is 5.82 Å². The number of nitrogens with zero attached hydrogens (tertiary/aromatic N) is 1. The molecule has 7 nitrogen and oxygen atoms in total. The number of hydrazine groups is 1. The molecule has 0 fully saturated rings. The minimum atomic E-state index is -4.18. The van der Waals surface area contributed by atoms with E-state index < -0.39 is 26.0 Å². The van der Waals surface area contributed by atoms with Gasteiger partial charge >= 0.3 is 0 Å². The van der Waals surface area contributed by atoms with Crippen LogP contribution in [0.3, 0.4) is 0 Å². The molecule has 0 amide bonds. The summed E-state index contributed by atoms with van der Waals surface area (Å²) in [6.07, 6.45) is 0. The maximum absolute atomic E-state index is 12.6. The third-order valence-electron chi connectivity index (χ3n) is 1.75. The minimum Gasteiger partial charge on any atom is -0.214 e. The van der Waals surface area contributed by atoms with E-state index in [-0.39, 0.29) is 9.31 Å². The van der Waals surface area contributed by atoms with Crippen LogP contribution in [-0.2, 0) is 20.2 Å². The Morgan fingerprint density at radius 3 is 2.06 bits per heavy atom. The molecule has 0 saturated heterocycles. The van der Waals surface area contributed by atoms with Crippen molar-refractivity contribution >= 4 is 20.2 Å². The molecular weight excluding hydrogens is 273 g/mol. The van der Waals surface area contributed by atoms with Gasteiger partial charge in [0.05, 0.1) is 4.90 Å². The molecule has 0 aliphatic heterocycles. The maximum Gasteiger partial charge on any atom is 0.290 e. The van der Waals surface area contributed by atoms with Crippen molar-refractivity contribution in [1.82, 2.24) is 9.25 Å². The standard InChI is InChI=1S/C7H10FN3O4S2/c1-11(17(9,14)15)10-16(12,13)7-4-2-6(8)3-5-7/h2-5,10H,1H3,(H2,9,14,15). The maximum atomic E-state index is 12.6. The number of halogens is 1. The molecule has 10 heteroatoms. The van der Waals surface area contributed by atoms with Gasteiger partial charge in [-0.1, -0.05) is 0 Å². The number of nitrogens with one attached hydrogen (secondary N) is 1. The molecule has 0 unspecified atom stereocenters. The van der Waals surface area contributed by atoms with Gasteiger partial charge in [0.25, 0.3) is 20.2 Å². The Morgan fingerprint density at radius 2 is 1.65 bits per heavy atom. The zero-order valence-corrected chi connectivity index (χ0v) is 10.3. The first-order valence-corrected chi connectivity index (χ1v) is 7.16. The van der Waals surface area contributed by atoms with Gasteiger partial charge in [-0.25, -0.2) is 17.9 Å². The second-order valence-corrected chi connectivity index (χ2v) is 6.30. The smallest absolute Gasteiger partial charge is 0.214 e. The van der Waals surface area contributed by atoms with Crippen LogP contribution in [0.2, 0.25) is 0 Å². The topological polar surface area (TPSA) is 110 Å². The van der Waals surface area contributed by atoms with E-state index in [4.69, 9.17) is 5.14 Å². The summed E-state index contributed by atoms with van der Waals surface area (Å²) in [6, 6.07) is 3.86. The van der Waals surface area contributed by atoms with Gasteiger partial charge in [0.1, 0.15) is 5.82 Å². The third kappa shape index (κ3) is 3.71. The van der Waals surface area contributed by atoms with E-state index in [1.807, 2.05) is 0 Å². The molecular formula is C7H10FN3O4S2. The lowest BCUT2D eigenvalue weighted by Crippen LogP contribution is -2.46. The van der Waals surface area contributed by atoms with E-state index in [0.29, 0.717) is 0 Å². The van der Waals surface area contributed by atoms with E-state index in [1.54, 1.807) is 4.83 Å². The summed E-state index contributed by atoms with van der Waals surface area (Å²) in [6.45, 7) is 0. The second-order valence-electron chi connectivity index (χ2n) is 3.06. The Morgan fingerprint density at radius 1 is 1.18 bits per heavy atom. The molecule has 3 N–H and O–H groups in total. The summed E-state index contributed by atoms with van der Waals surface area (Å²) in [4.78, 5) is 1.42. The number of sulfonamides is 1. The van der Waals surface area contributed by atoms with Crippen LogP contribution in [0.4, 0.5) is 4.39 Å². The predicted molar refractivity (Wildman–Crippen MR) is 57.6 cm³/mol. The fraction of sp³-hybridized carbons (Fsp3) is 0.143. The summed E-state index contributed by atoms with van der Waals surface area (Å²) >= 11 is 0. The van der Waals surface area contributed by atoms with Gasteiger partial charge in [-0.15, -0.1) is 9.25 Å². The van der Waals surface area contributed by atoms with Gasteiger partial charge in [-0.3, -0.25) is 0 Å². The zero-order chi connectivity index (χ0) is 13.3. The van der Waals surface area contributed by atoms with E-state index in [1.165, 1.54) is 0 Å². The van der Waals surface area contributed by atoms with E-state index in [2.05, 4.69) is 0 Å². The van der Waals surface area contributed by atoms with Crippen molar-refractivity contribution in [2.24, 2.45) is 5.14 Å². The van der Waals surface area contributed by atoms with Crippen LogP contribution in [0.1, 0.15) is 0 Å². The molecule has 1 aromatic rings. The Hall–Kier alpha value is -1.07. The van der Waals surface area contributed by atoms with Gasteiger partial charge in [0, 0.05) is 7.05 Å². The molecule has 96 valence electrons. The van der Waals surface area contributed by atoms with Crippen LogP contribution in [0.25, 0.3) is 0 Å². The normalized spacial score (nSPS) is 12.9. The van der Waals surface area contributed by atoms with Gasteiger partial charge in [-0.05, 0) is 24.3 Å². The molecule has 0 bridgehead atoms. The number of hydrogen-bond acceptors (Lipinski definition) is 4. The Kier molecular flexibility index (Phi) is 3.84. The predicted octanol–water partition coefficient (Wildman–Crippen LogP) is -0.846. The Labute approximate surface area is 98.2 Å². The lowest BCUT2D eigenvalue weighted by molar-refractivity contribution is 0.433. The third-order valence-corrected chi connectivity index (χ3v) is 4.13. The molecule has 1 rings (SSSR count). The first-order valence-electron chi connectivity index (χ1n) is 4.17. The highest BCUT2D eigenvalue weighted by atomic mass is 32.2. The van der Waals surface area contributed by atoms with Crippen molar-refractivity contribution in [2.75, 3.05) is 7.05 Å². The van der Waals surface area contributed by atoms with Crippen LogP contribution < -0.4 is 9.97 Å². The number of benzene rings is 1. The number of rotatable bonds is 4. The highest BCUT2D eigenvalue weighted by molar-refractivity contribution is 7.91. The van der Waals surface area contributed by atoms with Crippen molar-refractivity contribution in [3.63, 3.8) is 0 Å². The first kappa shape index (κ1) is 14.0. The van der Waals surface area contributed by atoms with Gasteiger partial charge in [0.2, 0.25) is 0 Å². The highest BCUT2D eigenvalue weighted by Gasteiger charge is 2.21. The van der Waals surface area contributed by atoms with Gasteiger partial charge in [0.15, 0.2) is 0 Å².